The second kappa shape index (κ2) is 5.31. The fourth-order valence-electron chi connectivity index (χ4n) is 3.05. The molecule has 1 fully saturated rings. The fraction of sp³-hybridized carbons (Fsp3) is 0.312. The van der Waals surface area contributed by atoms with E-state index in [2.05, 4.69) is 26.4 Å². The topological polar surface area (TPSA) is 41.6 Å². The van der Waals surface area contributed by atoms with Gasteiger partial charge in [-0.25, -0.2) is 4.98 Å². The quantitative estimate of drug-likeness (QED) is 0.671. The van der Waals surface area contributed by atoms with E-state index in [1.54, 1.807) is 11.3 Å². The third kappa shape index (κ3) is 2.51. The minimum absolute atomic E-state index is 0.604. The van der Waals surface area contributed by atoms with Crippen molar-refractivity contribution in [3.8, 4) is 11.4 Å². The van der Waals surface area contributed by atoms with Crippen molar-refractivity contribution in [3.05, 3.63) is 40.1 Å². The Hall–Kier alpha value is -1.59. The van der Waals surface area contributed by atoms with Gasteiger partial charge in [-0.1, -0.05) is 25.1 Å². The van der Waals surface area contributed by atoms with Crippen LogP contribution in [0.5, 0.6) is 0 Å². The molecule has 3 heterocycles. The van der Waals surface area contributed by atoms with Crippen LogP contribution in [0.3, 0.4) is 0 Å². The van der Waals surface area contributed by atoms with Gasteiger partial charge in [0.2, 0.25) is 0 Å². The number of fused-ring (bicyclic) bond motifs is 1. The Balaban J connectivity index is 1.81. The van der Waals surface area contributed by atoms with E-state index in [4.69, 9.17) is 12.2 Å². The van der Waals surface area contributed by atoms with Crippen LogP contribution < -0.4 is 0 Å². The van der Waals surface area contributed by atoms with Crippen molar-refractivity contribution in [1.29, 1.82) is 0 Å². The van der Waals surface area contributed by atoms with Gasteiger partial charge in [0.25, 0.3) is 0 Å². The number of nitrogens with one attached hydrogen (secondary N) is 1. The monoisotopic (exact) mass is 313 g/mol. The maximum absolute atomic E-state index is 5.35. The maximum atomic E-state index is 5.35. The fourth-order valence-corrected chi connectivity index (χ4v) is 4.04. The van der Waals surface area contributed by atoms with Crippen molar-refractivity contribution in [1.82, 2.24) is 15.0 Å². The lowest BCUT2D eigenvalue weighted by Gasteiger charge is -2.11. The van der Waals surface area contributed by atoms with Gasteiger partial charge < -0.3 is 4.98 Å². The Bertz CT molecular complexity index is 844. The number of hydrogen-bond acceptors (Lipinski definition) is 4. The standard InChI is InChI=1S/C16H15N3S2/c20-15-8-13(10-3-1-2-4-10)18-16(19-15)11-7-14-12(17-9-11)5-6-21-14/h5-10H,1-4H2,(H,18,19,20). The van der Waals surface area contributed by atoms with Crippen LogP contribution in [-0.2, 0) is 0 Å². The highest BCUT2D eigenvalue weighted by Crippen LogP contribution is 2.34. The molecule has 5 heteroatoms. The first kappa shape index (κ1) is 13.1. The normalized spacial score (nSPS) is 15.8. The second-order valence-electron chi connectivity index (χ2n) is 5.53. The molecule has 0 saturated heterocycles. The molecule has 0 aliphatic heterocycles. The van der Waals surface area contributed by atoms with Crippen LogP contribution in [0.1, 0.15) is 37.3 Å². The highest BCUT2D eigenvalue weighted by molar-refractivity contribution is 7.71. The van der Waals surface area contributed by atoms with Crippen molar-refractivity contribution in [2.75, 3.05) is 0 Å². The van der Waals surface area contributed by atoms with Gasteiger partial charge in [-0.05, 0) is 42.3 Å². The number of aromatic nitrogens is 3. The molecule has 0 atom stereocenters. The first-order valence-corrected chi connectivity index (χ1v) is 8.53. The summed E-state index contributed by atoms with van der Waals surface area (Å²) in [5.41, 5.74) is 3.28. The van der Waals surface area contributed by atoms with Gasteiger partial charge in [0.1, 0.15) is 10.5 Å². The van der Waals surface area contributed by atoms with Gasteiger partial charge in [-0.2, -0.15) is 0 Å². The van der Waals surface area contributed by atoms with Gasteiger partial charge in [0.05, 0.1) is 10.2 Å². The number of nitrogens with zero attached hydrogens (tertiary/aromatic N) is 2. The lowest BCUT2D eigenvalue weighted by molar-refractivity contribution is 0.694. The van der Waals surface area contributed by atoms with Crippen LogP contribution in [0, 0.1) is 4.64 Å². The summed E-state index contributed by atoms with van der Waals surface area (Å²) < 4.78 is 1.84. The van der Waals surface area contributed by atoms with E-state index in [1.807, 2.05) is 18.3 Å². The maximum Gasteiger partial charge on any atom is 0.140 e. The third-order valence-electron chi connectivity index (χ3n) is 4.13. The molecule has 1 aliphatic rings. The summed E-state index contributed by atoms with van der Waals surface area (Å²) >= 11 is 7.05. The Morgan fingerprint density at radius 1 is 1.24 bits per heavy atom. The molecule has 21 heavy (non-hydrogen) atoms. The largest absolute Gasteiger partial charge is 0.343 e. The molecule has 3 nitrogen and oxygen atoms in total. The summed E-state index contributed by atoms with van der Waals surface area (Å²) in [6.45, 7) is 0. The summed E-state index contributed by atoms with van der Waals surface area (Å²) in [5.74, 6) is 1.44. The van der Waals surface area contributed by atoms with E-state index in [1.165, 1.54) is 36.1 Å². The first-order valence-electron chi connectivity index (χ1n) is 7.24. The summed E-state index contributed by atoms with van der Waals surface area (Å²) in [5, 5.41) is 2.06. The lowest BCUT2D eigenvalue weighted by atomic mass is 10.0. The zero-order valence-corrected chi connectivity index (χ0v) is 13.1. The molecule has 4 rings (SSSR count). The van der Waals surface area contributed by atoms with Gasteiger partial charge in [-0.3, -0.25) is 4.98 Å². The number of rotatable bonds is 2. The van der Waals surface area contributed by atoms with Crippen molar-refractivity contribution in [2.24, 2.45) is 0 Å². The number of pyridine rings is 1. The Kier molecular flexibility index (Phi) is 3.31. The highest BCUT2D eigenvalue weighted by Gasteiger charge is 2.18. The SMILES string of the molecule is S=c1cc(C2CCCC2)[nH]c(-c2cnc3ccsc3c2)n1. The summed E-state index contributed by atoms with van der Waals surface area (Å²) in [4.78, 5) is 12.5. The van der Waals surface area contributed by atoms with E-state index in [0.29, 0.717) is 10.6 Å². The van der Waals surface area contributed by atoms with Crippen molar-refractivity contribution < 1.29 is 0 Å². The van der Waals surface area contributed by atoms with Crippen LogP contribution in [0.15, 0.2) is 29.8 Å². The second-order valence-corrected chi connectivity index (χ2v) is 6.90. The third-order valence-corrected chi connectivity index (χ3v) is 5.20. The van der Waals surface area contributed by atoms with E-state index in [9.17, 15) is 0 Å². The summed E-state index contributed by atoms with van der Waals surface area (Å²) in [6.07, 6.45) is 6.99. The van der Waals surface area contributed by atoms with Crippen LogP contribution in [0.25, 0.3) is 21.6 Å². The molecular formula is C16H15N3S2. The molecule has 106 valence electrons. The molecule has 0 spiro atoms. The smallest absolute Gasteiger partial charge is 0.140 e. The minimum atomic E-state index is 0.604. The van der Waals surface area contributed by atoms with Crippen LogP contribution in [-0.4, -0.2) is 15.0 Å². The van der Waals surface area contributed by atoms with Crippen molar-refractivity contribution >= 4 is 33.8 Å². The van der Waals surface area contributed by atoms with Crippen molar-refractivity contribution in [3.63, 3.8) is 0 Å². The average Bonchev–Trinajstić information content (AvgIpc) is 3.17. The molecule has 0 bridgehead atoms. The first-order chi connectivity index (χ1) is 10.3. The van der Waals surface area contributed by atoms with E-state index in [-0.39, 0.29) is 0 Å². The molecule has 3 aromatic heterocycles. The molecule has 0 unspecified atom stereocenters. The Morgan fingerprint density at radius 3 is 2.95 bits per heavy atom. The number of H-pyrrole nitrogens is 1. The molecule has 0 amide bonds. The average molecular weight is 313 g/mol. The van der Waals surface area contributed by atoms with E-state index in [0.717, 1.165) is 16.9 Å². The van der Waals surface area contributed by atoms with E-state index < -0.39 is 0 Å². The molecule has 0 aromatic carbocycles. The molecule has 3 aromatic rings. The zero-order valence-electron chi connectivity index (χ0n) is 11.5. The van der Waals surface area contributed by atoms with Crippen LogP contribution in [0.2, 0.25) is 0 Å². The van der Waals surface area contributed by atoms with Gasteiger partial charge in [0.15, 0.2) is 0 Å². The van der Waals surface area contributed by atoms with Gasteiger partial charge >= 0.3 is 0 Å². The number of thiophene rings is 1. The molecule has 1 aliphatic carbocycles. The lowest BCUT2D eigenvalue weighted by Crippen LogP contribution is -2.00. The Morgan fingerprint density at radius 2 is 2.10 bits per heavy atom. The molecule has 0 radical (unpaired) electrons. The predicted molar refractivity (Wildman–Crippen MR) is 89.2 cm³/mol. The summed E-state index contributed by atoms with van der Waals surface area (Å²) in [6, 6.07) is 6.19. The van der Waals surface area contributed by atoms with Crippen LogP contribution >= 0.6 is 23.6 Å². The molecule has 1 N–H and O–H groups in total. The summed E-state index contributed by atoms with van der Waals surface area (Å²) in [7, 11) is 0. The van der Waals surface area contributed by atoms with Gasteiger partial charge in [0, 0.05) is 17.5 Å². The zero-order chi connectivity index (χ0) is 14.2. The van der Waals surface area contributed by atoms with Crippen molar-refractivity contribution in [2.45, 2.75) is 31.6 Å². The predicted octanol–water partition coefficient (Wildman–Crippen LogP) is 5.07. The highest BCUT2D eigenvalue weighted by atomic mass is 32.1. The van der Waals surface area contributed by atoms with Gasteiger partial charge in [-0.15, -0.1) is 11.3 Å². The number of aromatic amines is 1. The number of hydrogen-bond donors (Lipinski definition) is 1. The molecular weight excluding hydrogens is 298 g/mol. The molecule has 1 saturated carbocycles. The van der Waals surface area contributed by atoms with Crippen LogP contribution in [0.4, 0.5) is 0 Å². The minimum Gasteiger partial charge on any atom is -0.343 e. The van der Waals surface area contributed by atoms with E-state index >= 15 is 0 Å². The Labute approximate surface area is 132 Å².